The van der Waals surface area contributed by atoms with E-state index in [1.807, 2.05) is 0 Å². The minimum Gasteiger partial charge on any atom is -1.00 e. The van der Waals surface area contributed by atoms with Crippen molar-refractivity contribution in [1.29, 1.82) is 0 Å². The van der Waals surface area contributed by atoms with E-state index >= 15 is 0 Å². The van der Waals surface area contributed by atoms with Crippen molar-refractivity contribution in [3.63, 3.8) is 0 Å². The van der Waals surface area contributed by atoms with E-state index in [0.717, 1.165) is 0 Å². The first kappa shape index (κ1) is 53.2. The van der Waals surface area contributed by atoms with Crippen molar-refractivity contribution < 1.29 is 107 Å². The van der Waals surface area contributed by atoms with Crippen LogP contribution in [0.2, 0.25) is 0 Å². The Labute approximate surface area is 253 Å². The molecule has 2 fully saturated rings. The van der Waals surface area contributed by atoms with Gasteiger partial charge in [0.1, 0.15) is 0 Å². The van der Waals surface area contributed by atoms with Gasteiger partial charge in [0.25, 0.3) is 0 Å². The summed E-state index contributed by atoms with van der Waals surface area (Å²) in [6.45, 7) is 17.8. The molecule has 0 aromatic rings. The van der Waals surface area contributed by atoms with E-state index in [9.17, 15) is 0 Å². The Kier molecular flexibility index (Phi) is 40.3. The Morgan fingerprint density at radius 3 is 0.679 bits per heavy atom. The van der Waals surface area contributed by atoms with E-state index in [0.29, 0.717) is 0 Å². The van der Waals surface area contributed by atoms with Gasteiger partial charge in [-0.2, -0.15) is 0 Å². The predicted octanol–water partition coefficient (Wildman–Crippen LogP) is -12.2. The molecule has 0 amide bonds. The monoisotopic (exact) mass is 522 g/mol. The molecule has 0 saturated carbocycles. The normalized spacial score (nSPS) is 21.4. The van der Waals surface area contributed by atoms with Crippen LogP contribution in [0.25, 0.3) is 10.6 Å². The third-order valence-electron chi connectivity index (χ3n) is 4.36. The molecule has 2 saturated heterocycles. The molecule has 0 radical (unpaired) electrons. The molecule has 2 rings (SSSR count). The molecular weight excluding hydrogens is 490 g/mol. The molecular formula is C18H36Cl4Li2MgN2Zn. The molecule has 0 aromatic heterocycles. The van der Waals surface area contributed by atoms with E-state index in [1.165, 1.54) is 38.5 Å². The molecule has 0 aromatic carbocycles. The van der Waals surface area contributed by atoms with Gasteiger partial charge in [-0.1, -0.05) is 93.9 Å². The maximum absolute atomic E-state index is 4.75. The first-order valence-corrected chi connectivity index (χ1v) is 8.31. The zero-order valence-electron chi connectivity index (χ0n) is 20.1. The summed E-state index contributed by atoms with van der Waals surface area (Å²) < 4.78 is 0. The molecule has 0 N–H and O–H groups in total. The van der Waals surface area contributed by atoms with Crippen molar-refractivity contribution in [3.8, 4) is 0 Å². The molecule has 2 heterocycles. The van der Waals surface area contributed by atoms with Crippen LogP contribution in [-0.4, -0.2) is 45.2 Å². The molecule has 0 spiro atoms. The second kappa shape index (κ2) is 21.2. The van der Waals surface area contributed by atoms with Crippen molar-refractivity contribution in [1.82, 2.24) is 0 Å². The van der Waals surface area contributed by atoms with Crippen LogP contribution in [-0.2, 0) is 19.5 Å². The van der Waals surface area contributed by atoms with Gasteiger partial charge >= 0.3 is 80.3 Å². The van der Waals surface area contributed by atoms with E-state index in [-0.39, 0.29) is 152 Å². The first-order valence-electron chi connectivity index (χ1n) is 8.31. The Balaban J connectivity index is -0.0000000370. The number of rotatable bonds is 0. The number of hydrogen-bond donors (Lipinski definition) is 0. The smallest absolute Gasteiger partial charge is 1.00 e. The van der Waals surface area contributed by atoms with Crippen LogP contribution in [0.15, 0.2) is 0 Å². The molecule has 0 unspecified atom stereocenters. The Morgan fingerprint density at radius 2 is 0.607 bits per heavy atom. The molecule has 2 aliphatic rings. The van der Waals surface area contributed by atoms with Crippen molar-refractivity contribution in [2.45, 2.75) is 116 Å². The fourth-order valence-electron chi connectivity index (χ4n) is 3.77. The van der Waals surface area contributed by atoms with Gasteiger partial charge < -0.3 is 60.3 Å². The summed E-state index contributed by atoms with van der Waals surface area (Å²) in [5.74, 6) is 0. The van der Waals surface area contributed by atoms with Crippen molar-refractivity contribution in [2.24, 2.45) is 0 Å². The largest absolute Gasteiger partial charge is 2.00 e. The summed E-state index contributed by atoms with van der Waals surface area (Å²) in [4.78, 5) is 0. The van der Waals surface area contributed by atoms with E-state index in [1.54, 1.807) is 0 Å². The molecule has 0 atom stereocenters. The van der Waals surface area contributed by atoms with Crippen LogP contribution < -0.4 is 87.3 Å². The maximum Gasteiger partial charge on any atom is 2.00 e. The Bertz CT molecular complexity index is 292. The third-order valence-corrected chi connectivity index (χ3v) is 4.36. The van der Waals surface area contributed by atoms with Gasteiger partial charge in [0.15, 0.2) is 0 Å². The molecule has 2 aliphatic heterocycles. The van der Waals surface area contributed by atoms with Crippen LogP contribution in [0.5, 0.6) is 0 Å². The summed E-state index contributed by atoms with van der Waals surface area (Å²) >= 11 is 0. The minimum atomic E-state index is 0. The van der Waals surface area contributed by atoms with Gasteiger partial charge in [0.2, 0.25) is 0 Å². The minimum absolute atomic E-state index is 0. The van der Waals surface area contributed by atoms with Crippen LogP contribution in [0.4, 0.5) is 0 Å². The molecule has 2 nitrogen and oxygen atoms in total. The van der Waals surface area contributed by atoms with Gasteiger partial charge in [-0.25, -0.2) is 0 Å². The van der Waals surface area contributed by atoms with Gasteiger partial charge in [0.05, 0.1) is 0 Å². The second-order valence-electron chi connectivity index (χ2n) is 9.18. The summed E-state index contributed by atoms with van der Waals surface area (Å²) in [7, 11) is 0. The predicted molar refractivity (Wildman–Crippen MR) is 96.5 cm³/mol. The second-order valence-corrected chi connectivity index (χ2v) is 9.18. The average molecular weight is 526 g/mol. The Hall–Kier alpha value is 3.66. The van der Waals surface area contributed by atoms with Crippen molar-refractivity contribution in [3.05, 3.63) is 10.6 Å². The van der Waals surface area contributed by atoms with E-state index in [4.69, 9.17) is 10.6 Å². The SMILES string of the molecule is CC1(C)CCCC(C)(C)[N-]1.CC1(C)CCCC(C)(C)[N-]1.[Cl-].[Cl-].[Cl-].[Cl-].[Li+].[Li+].[Mg+2].[Zn+2]. The molecule has 28 heavy (non-hydrogen) atoms. The molecule has 10 heteroatoms. The van der Waals surface area contributed by atoms with Crippen LogP contribution in [0.3, 0.4) is 0 Å². The maximum atomic E-state index is 4.75. The average Bonchev–Trinajstić information content (AvgIpc) is 2.09. The first-order chi connectivity index (χ1) is 8.83. The van der Waals surface area contributed by atoms with Crippen molar-refractivity contribution >= 4 is 23.1 Å². The fraction of sp³-hybridized carbons (Fsp3) is 1.00. The molecule has 0 bridgehead atoms. The zero-order chi connectivity index (χ0) is 15.7. The summed E-state index contributed by atoms with van der Waals surface area (Å²) in [5.41, 5.74) is 0.951. The van der Waals surface area contributed by atoms with Gasteiger partial charge in [0, 0.05) is 0 Å². The summed E-state index contributed by atoms with van der Waals surface area (Å²) in [5, 5.41) is 9.49. The summed E-state index contributed by atoms with van der Waals surface area (Å²) in [6, 6.07) is 0. The Morgan fingerprint density at radius 1 is 0.464 bits per heavy atom. The standard InChI is InChI=1S/2C9H18N.4ClH.2Li.Mg.Zn/c2*1-8(2)6-5-7-9(3,4)10-8;;;;;;;;/h2*5-7H2,1-4H3;4*1H;;;;/q2*-1;;;;;2*+1;2*+2/p-4. The van der Waals surface area contributed by atoms with Crippen LogP contribution in [0, 0.1) is 0 Å². The van der Waals surface area contributed by atoms with Gasteiger partial charge in [-0.05, 0) is 0 Å². The van der Waals surface area contributed by atoms with Crippen molar-refractivity contribution in [2.75, 3.05) is 0 Å². The van der Waals surface area contributed by atoms with Gasteiger partial charge in [-0.3, -0.25) is 0 Å². The molecule has 0 aliphatic carbocycles. The van der Waals surface area contributed by atoms with E-state index in [2.05, 4.69) is 55.4 Å². The number of nitrogens with zero attached hydrogens (tertiary/aromatic N) is 2. The van der Waals surface area contributed by atoms with Crippen LogP contribution in [0.1, 0.15) is 93.9 Å². The third kappa shape index (κ3) is 24.3. The topological polar surface area (TPSA) is 28.2 Å². The zero-order valence-corrected chi connectivity index (χ0v) is 27.5. The van der Waals surface area contributed by atoms with Crippen LogP contribution >= 0.6 is 0 Å². The number of hydrogen-bond acceptors (Lipinski definition) is 0. The fourth-order valence-corrected chi connectivity index (χ4v) is 3.77. The summed E-state index contributed by atoms with van der Waals surface area (Å²) in [6.07, 6.45) is 7.72. The number of halogens is 4. The molecule has 152 valence electrons. The number of piperidine rings is 2. The van der Waals surface area contributed by atoms with Gasteiger partial charge in [-0.15, -0.1) is 22.2 Å². The quantitative estimate of drug-likeness (QED) is 0.281. The van der Waals surface area contributed by atoms with E-state index < -0.39 is 0 Å².